The predicted octanol–water partition coefficient (Wildman–Crippen LogP) is 1.21. The average molecular weight is 257 g/mol. The molecule has 2 aliphatic heterocycles. The average Bonchev–Trinajstić information content (AvgIpc) is 2.46. The van der Waals surface area contributed by atoms with Crippen LogP contribution in [0.4, 0.5) is 11.5 Å². The maximum Gasteiger partial charge on any atom is 0.151 e. The number of nitrogens with two attached hydrogens (primary N) is 1. The Morgan fingerprint density at radius 3 is 3.00 bits per heavy atom. The first kappa shape index (κ1) is 12.2. The molecular formula is C14H19N5. The van der Waals surface area contributed by atoms with Gasteiger partial charge in [0.15, 0.2) is 5.82 Å². The summed E-state index contributed by atoms with van der Waals surface area (Å²) >= 11 is 0. The summed E-state index contributed by atoms with van der Waals surface area (Å²) < 4.78 is 0. The van der Waals surface area contributed by atoms with Crippen LogP contribution in [0.2, 0.25) is 0 Å². The van der Waals surface area contributed by atoms with Crippen LogP contribution in [0.15, 0.2) is 12.3 Å². The molecule has 0 amide bonds. The second kappa shape index (κ2) is 5.06. The smallest absolute Gasteiger partial charge is 0.151 e. The topological polar surface area (TPSA) is 69.2 Å². The number of nitriles is 1. The molecule has 5 nitrogen and oxygen atoms in total. The van der Waals surface area contributed by atoms with Crippen LogP contribution in [0, 0.1) is 11.3 Å². The highest BCUT2D eigenvalue weighted by molar-refractivity contribution is 5.64. The first-order chi connectivity index (χ1) is 9.28. The predicted molar refractivity (Wildman–Crippen MR) is 74.8 cm³/mol. The van der Waals surface area contributed by atoms with E-state index in [4.69, 9.17) is 11.0 Å². The number of fused-ring (bicyclic) bond motifs is 1. The fourth-order valence-electron chi connectivity index (χ4n) is 3.15. The number of hydrogen-bond donors (Lipinski definition) is 1. The highest BCUT2D eigenvalue weighted by Gasteiger charge is 2.29. The molecule has 3 rings (SSSR count). The van der Waals surface area contributed by atoms with E-state index < -0.39 is 0 Å². The summed E-state index contributed by atoms with van der Waals surface area (Å²) in [5.41, 5.74) is 7.17. The lowest BCUT2D eigenvalue weighted by Crippen LogP contribution is -2.55. The molecule has 100 valence electrons. The molecule has 0 bridgehead atoms. The Kier molecular flexibility index (Phi) is 3.26. The molecule has 5 heteroatoms. The van der Waals surface area contributed by atoms with E-state index in [-0.39, 0.29) is 0 Å². The molecule has 2 saturated heterocycles. The minimum atomic E-state index is 0.526. The van der Waals surface area contributed by atoms with Crippen molar-refractivity contribution >= 4 is 11.5 Å². The molecule has 3 heterocycles. The fourth-order valence-corrected chi connectivity index (χ4v) is 3.15. The number of piperazine rings is 1. The van der Waals surface area contributed by atoms with Crippen LogP contribution in [-0.2, 0) is 0 Å². The van der Waals surface area contributed by atoms with Gasteiger partial charge in [-0.15, -0.1) is 0 Å². The zero-order chi connectivity index (χ0) is 13.2. The Bertz CT molecular complexity index is 507. The highest BCUT2D eigenvalue weighted by Crippen LogP contribution is 2.27. The molecule has 0 aromatic carbocycles. The zero-order valence-electron chi connectivity index (χ0n) is 11.0. The molecule has 0 saturated carbocycles. The van der Waals surface area contributed by atoms with Crippen LogP contribution in [0.25, 0.3) is 0 Å². The van der Waals surface area contributed by atoms with Crippen LogP contribution in [0.1, 0.15) is 24.8 Å². The Morgan fingerprint density at radius 2 is 2.21 bits per heavy atom. The van der Waals surface area contributed by atoms with Crippen molar-refractivity contribution in [3.8, 4) is 6.07 Å². The van der Waals surface area contributed by atoms with Gasteiger partial charge in [0, 0.05) is 31.9 Å². The van der Waals surface area contributed by atoms with Crippen molar-refractivity contribution in [1.82, 2.24) is 9.88 Å². The van der Waals surface area contributed by atoms with Crippen LogP contribution in [0.3, 0.4) is 0 Å². The van der Waals surface area contributed by atoms with E-state index >= 15 is 0 Å². The first-order valence-corrected chi connectivity index (χ1v) is 6.92. The number of nitrogens with zero attached hydrogens (tertiary/aromatic N) is 4. The fraction of sp³-hybridized carbons (Fsp3) is 0.571. The summed E-state index contributed by atoms with van der Waals surface area (Å²) in [6, 6.07) is 4.43. The molecule has 0 aliphatic carbocycles. The number of anilines is 2. The Morgan fingerprint density at radius 1 is 1.32 bits per heavy atom. The van der Waals surface area contributed by atoms with Gasteiger partial charge in [-0.25, -0.2) is 4.98 Å². The second-order valence-electron chi connectivity index (χ2n) is 5.38. The second-order valence-corrected chi connectivity index (χ2v) is 5.38. The lowest BCUT2D eigenvalue weighted by Gasteiger charge is -2.44. The van der Waals surface area contributed by atoms with Crippen LogP contribution < -0.4 is 10.6 Å². The van der Waals surface area contributed by atoms with E-state index in [0.717, 1.165) is 25.5 Å². The third kappa shape index (κ3) is 2.36. The minimum absolute atomic E-state index is 0.526. The SMILES string of the molecule is N#Cc1cnc(N2CCN3CCCCC3C2)c(N)c1. The van der Waals surface area contributed by atoms with E-state index in [1.54, 1.807) is 12.3 Å². The van der Waals surface area contributed by atoms with Crippen molar-refractivity contribution in [3.63, 3.8) is 0 Å². The summed E-state index contributed by atoms with van der Waals surface area (Å²) in [6.45, 7) is 4.29. The maximum atomic E-state index is 8.85. The van der Waals surface area contributed by atoms with Gasteiger partial charge in [0.2, 0.25) is 0 Å². The summed E-state index contributed by atoms with van der Waals surface area (Å²) in [5, 5.41) is 8.85. The molecule has 1 aromatic rings. The molecule has 1 aromatic heterocycles. The van der Waals surface area contributed by atoms with Crippen LogP contribution in [-0.4, -0.2) is 42.1 Å². The van der Waals surface area contributed by atoms with Crippen molar-refractivity contribution in [2.45, 2.75) is 25.3 Å². The van der Waals surface area contributed by atoms with Gasteiger partial charge in [-0.2, -0.15) is 5.26 Å². The quantitative estimate of drug-likeness (QED) is 0.819. The molecular weight excluding hydrogens is 238 g/mol. The number of hydrogen-bond acceptors (Lipinski definition) is 5. The van der Waals surface area contributed by atoms with Crippen molar-refractivity contribution in [2.75, 3.05) is 36.8 Å². The number of piperidine rings is 1. The normalized spacial score (nSPS) is 23.7. The lowest BCUT2D eigenvalue weighted by molar-refractivity contribution is 0.133. The number of aromatic nitrogens is 1. The van der Waals surface area contributed by atoms with E-state index in [9.17, 15) is 0 Å². The largest absolute Gasteiger partial charge is 0.396 e. The third-order valence-corrected chi connectivity index (χ3v) is 4.16. The van der Waals surface area contributed by atoms with Crippen molar-refractivity contribution in [2.24, 2.45) is 0 Å². The zero-order valence-corrected chi connectivity index (χ0v) is 11.0. The Balaban J connectivity index is 1.78. The van der Waals surface area contributed by atoms with Crippen LogP contribution >= 0.6 is 0 Å². The van der Waals surface area contributed by atoms with Gasteiger partial charge < -0.3 is 10.6 Å². The van der Waals surface area contributed by atoms with Gasteiger partial charge in [-0.1, -0.05) is 6.42 Å². The molecule has 2 N–H and O–H groups in total. The van der Waals surface area contributed by atoms with Crippen LogP contribution in [0.5, 0.6) is 0 Å². The Hall–Kier alpha value is -1.80. The lowest BCUT2D eigenvalue weighted by atomic mass is 9.99. The third-order valence-electron chi connectivity index (χ3n) is 4.16. The van der Waals surface area contributed by atoms with Gasteiger partial charge in [-0.05, 0) is 25.5 Å². The van der Waals surface area contributed by atoms with Gasteiger partial charge >= 0.3 is 0 Å². The summed E-state index contributed by atoms with van der Waals surface area (Å²) in [4.78, 5) is 9.22. The molecule has 19 heavy (non-hydrogen) atoms. The minimum Gasteiger partial charge on any atom is -0.396 e. The van der Waals surface area contributed by atoms with Gasteiger partial charge in [-0.3, -0.25) is 4.90 Å². The molecule has 0 spiro atoms. The maximum absolute atomic E-state index is 8.85. The van der Waals surface area contributed by atoms with Crippen molar-refractivity contribution in [3.05, 3.63) is 17.8 Å². The summed E-state index contributed by atoms with van der Waals surface area (Å²) in [7, 11) is 0. The number of rotatable bonds is 1. The van der Waals surface area contributed by atoms with Gasteiger partial charge in [0.1, 0.15) is 6.07 Å². The first-order valence-electron chi connectivity index (χ1n) is 6.92. The highest BCUT2D eigenvalue weighted by atomic mass is 15.3. The van der Waals surface area contributed by atoms with Gasteiger partial charge in [0.05, 0.1) is 11.3 Å². The molecule has 0 radical (unpaired) electrons. The van der Waals surface area contributed by atoms with E-state index in [2.05, 4.69) is 20.9 Å². The number of pyridine rings is 1. The van der Waals surface area contributed by atoms with E-state index in [0.29, 0.717) is 17.3 Å². The number of nitrogen functional groups attached to an aromatic ring is 1. The molecule has 1 unspecified atom stereocenters. The Labute approximate surface area is 113 Å². The molecule has 2 aliphatic rings. The van der Waals surface area contributed by atoms with Crippen molar-refractivity contribution < 1.29 is 0 Å². The van der Waals surface area contributed by atoms with E-state index in [1.165, 1.54) is 25.8 Å². The molecule has 2 fully saturated rings. The van der Waals surface area contributed by atoms with Gasteiger partial charge in [0.25, 0.3) is 0 Å². The molecule has 1 atom stereocenters. The monoisotopic (exact) mass is 257 g/mol. The van der Waals surface area contributed by atoms with E-state index in [1.807, 2.05) is 0 Å². The summed E-state index contributed by atoms with van der Waals surface area (Å²) in [5.74, 6) is 0.837. The standard InChI is InChI=1S/C14H19N5/c15-8-11-7-13(16)14(17-9-11)19-6-5-18-4-2-1-3-12(18)10-19/h7,9,12H,1-6,10,16H2. The summed E-state index contributed by atoms with van der Waals surface area (Å²) in [6.07, 6.45) is 5.53. The van der Waals surface area contributed by atoms with Crippen molar-refractivity contribution in [1.29, 1.82) is 5.26 Å².